The van der Waals surface area contributed by atoms with Crippen LogP contribution in [0.1, 0.15) is 44.6 Å². The minimum Gasteiger partial charge on any atom is -0.496 e. The van der Waals surface area contributed by atoms with Crippen LogP contribution in [0, 0.1) is 5.82 Å². The fourth-order valence-corrected chi connectivity index (χ4v) is 4.27. The molecule has 2 aromatic carbocycles. The van der Waals surface area contributed by atoms with Gasteiger partial charge in [0.05, 0.1) is 18.3 Å². The number of tetrazole rings is 1. The lowest BCUT2D eigenvalue weighted by atomic mass is 9.98. The minimum atomic E-state index is -0.228. The summed E-state index contributed by atoms with van der Waals surface area (Å²) in [6.45, 7) is 9.34. The molecule has 0 unspecified atom stereocenters. The summed E-state index contributed by atoms with van der Waals surface area (Å²) < 4.78 is 22.0. The number of aromatic nitrogens is 4. The van der Waals surface area contributed by atoms with Crippen LogP contribution in [0.3, 0.4) is 0 Å². The first-order valence-corrected chi connectivity index (χ1v) is 11.1. The summed E-state index contributed by atoms with van der Waals surface area (Å²) >= 11 is 0. The maximum Gasteiger partial charge on any atom is 0.173 e. The van der Waals surface area contributed by atoms with E-state index >= 15 is 0 Å². The van der Waals surface area contributed by atoms with E-state index in [9.17, 15) is 4.39 Å². The van der Waals surface area contributed by atoms with Crippen LogP contribution in [0.15, 0.2) is 48.5 Å². The van der Waals surface area contributed by atoms with Gasteiger partial charge in [0.25, 0.3) is 0 Å². The number of para-hydroxylation sites is 2. The predicted molar refractivity (Wildman–Crippen MR) is 122 cm³/mol. The molecule has 8 heteroatoms. The monoisotopic (exact) mass is 438 g/mol. The van der Waals surface area contributed by atoms with Gasteiger partial charge in [-0.3, -0.25) is 4.90 Å². The number of anilines is 1. The van der Waals surface area contributed by atoms with Crippen LogP contribution < -0.4 is 9.64 Å². The molecular weight excluding hydrogens is 407 g/mol. The van der Waals surface area contributed by atoms with E-state index in [1.807, 2.05) is 35.0 Å². The molecule has 1 aliphatic heterocycles. The highest BCUT2D eigenvalue weighted by molar-refractivity contribution is 5.48. The zero-order chi connectivity index (χ0) is 22.7. The van der Waals surface area contributed by atoms with Gasteiger partial charge < -0.3 is 9.64 Å². The Hall–Kier alpha value is -3.00. The minimum absolute atomic E-state index is 0.172. The summed E-state index contributed by atoms with van der Waals surface area (Å²) in [6, 6.07) is 14.8. The van der Waals surface area contributed by atoms with E-state index in [0.717, 1.165) is 36.6 Å². The van der Waals surface area contributed by atoms with Crippen molar-refractivity contribution in [3.63, 3.8) is 0 Å². The van der Waals surface area contributed by atoms with Crippen molar-refractivity contribution in [2.75, 3.05) is 38.2 Å². The summed E-state index contributed by atoms with van der Waals surface area (Å²) in [5, 5.41) is 12.9. The standard InChI is InChI=1S/C24H31FN6O/c1-5-24(2,3)31-23(26-27-28-31)22(18-10-6-9-13-21(18)32-4)30-16-14-29(15-17-30)20-12-8-7-11-19(20)25/h6-13,22H,5,14-17H2,1-4H3/t22-/m1/s1. The Morgan fingerprint density at radius 2 is 1.72 bits per heavy atom. The Labute approximate surface area is 188 Å². The van der Waals surface area contributed by atoms with E-state index < -0.39 is 0 Å². The van der Waals surface area contributed by atoms with Crippen LogP contribution in [-0.4, -0.2) is 58.4 Å². The molecule has 0 N–H and O–H groups in total. The highest BCUT2D eigenvalue weighted by atomic mass is 19.1. The predicted octanol–water partition coefficient (Wildman–Crippen LogP) is 3.88. The van der Waals surface area contributed by atoms with Gasteiger partial charge in [-0.1, -0.05) is 37.3 Å². The summed E-state index contributed by atoms with van der Waals surface area (Å²) in [4.78, 5) is 4.47. The molecule has 0 radical (unpaired) electrons. The van der Waals surface area contributed by atoms with Crippen molar-refractivity contribution in [3.8, 4) is 5.75 Å². The fraction of sp³-hybridized carbons (Fsp3) is 0.458. The molecule has 1 fully saturated rings. The molecule has 0 spiro atoms. The largest absolute Gasteiger partial charge is 0.496 e. The third-order valence-corrected chi connectivity index (χ3v) is 6.48. The number of benzene rings is 2. The molecule has 1 saturated heterocycles. The smallest absolute Gasteiger partial charge is 0.173 e. The average molecular weight is 439 g/mol. The Bertz CT molecular complexity index is 1040. The summed E-state index contributed by atoms with van der Waals surface area (Å²) in [5.41, 5.74) is 1.45. The first-order valence-electron chi connectivity index (χ1n) is 11.1. The Balaban J connectivity index is 1.69. The number of halogens is 1. The number of ether oxygens (including phenoxy) is 1. The van der Waals surface area contributed by atoms with Crippen molar-refractivity contribution in [3.05, 3.63) is 65.7 Å². The van der Waals surface area contributed by atoms with Crippen LogP contribution in [-0.2, 0) is 5.54 Å². The summed E-state index contributed by atoms with van der Waals surface area (Å²) in [7, 11) is 1.69. The molecule has 0 aliphatic carbocycles. The van der Waals surface area contributed by atoms with Gasteiger partial charge in [0.2, 0.25) is 0 Å². The van der Waals surface area contributed by atoms with Gasteiger partial charge >= 0.3 is 0 Å². The first-order chi connectivity index (χ1) is 15.5. The second-order valence-corrected chi connectivity index (χ2v) is 8.73. The van der Waals surface area contributed by atoms with Crippen LogP contribution in [0.4, 0.5) is 10.1 Å². The molecule has 2 heterocycles. The first kappa shape index (κ1) is 22.2. The van der Waals surface area contributed by atoms with Crippen LogP contribution >= 0.6 is 0 Å². The van der Waals surface area contributed by atoms with E-state index in [2.05, 4.69) is 52.2 Å². The Morgan fingerprint density at radius 1 is 1.03 bits per heavy atom. The van der Waals surface area contributed by atoms with Crippen molar-refractivity contribution in [2.45, 2.75) is 38.8 Å². The second kappa shape index (κ2) is 9.24. The maximum absolute atomic E-state index is 14.3. The van der Waals surface area contributed by atoms with Gasteiger partial charge in [-0.25, -0.2) is 9.07 Å². The number of piperazine rings is 1. The topological polar surface area (TPSA) is 59.3 Å². The normalized spacial score (nSPS) is 16.2. The lowest BCUT2D eigenvalue weighted by Gasteiger charge is -2.40. The maximum atomic E-state index is 14.3. The summed E-state index contributed by atoms with van der Waals surface area (Å²) in [6.07, 6.45) is 0.894. The molecule has 0 amide bonds. The third-order valence-electron chi connectivity index (χ3n) is 6.48. The van der Waals surface area contributed by atoms with Gasteiger partial charge in [0, 0.05) is 31.7 Å². The number of nitrogens with zero attached hydrogens (tertiary/aromatic N) is 6. The second-order valence-electron chi connectivity index (χ2n) is 8.73. The molecule has 7 nitrogen and oxygen atoms in total. The number of rotatable bonds is 7. The molecule has 32 heavy (non-hydrogen) atoms. The van der Waals surface area contributed by atoms with Crippen molar-refractivity contribution in [1.82, 2.24) is 25.1 Å². The van der Waals surface area contributed by atoms with E-state index in [0.29, 0.717) is 18.8 Å². The summed E-state index contributed by atoms with van der Waals surface area (Å²) in [5.74, 6) is 1.41. The van der Waals surface area contributed by atoms with Crippen molar-refractivity contribution in [1.29, 1.82) is 0 Å². The molecule has 0 bridgehead atoms. The Morgan fingerprint density at radius 3 is 2.41 bits per heavy atom. The average Bonchev–Trinajstić information content (AvgIpc) is 3.31. The van der Waals surface area contributed by atoms with Crippen LogP contribution in [0.2, 0.25) is 0 Å². The SMILES string of the molecule is CCC(C)(C)n1nnnc1[C@@H](c1ccccc1OC)N1CCN(c2ccccc2F)CC1. The van der Waals surface area contributed by atoms with Gasteiger partial charge in [0.1, 0.15) is 17.6 Å². The van der Waals surface area contributed by atoms with Gasteiger partial charge in [0.15, 0.2) is 5.82 Å². The lowest BCUT2D eigenvalue weighted by Crippen LogP contribution is -2.49. The molecule has 1 aromatic heterocycles. The van der Waals surface area contributed by atoms with Crippen molar-refractivity contribution >= 4 is 5.69 Å². The van der Waals surface area contributed by atoms with Crippen molar-refractivity contribution < 1.29 is 9.13 Å². The molecule has 3 aromatic rings. The van der Waals surface area contributed by atoms with Gasteiger partial charge in [-0.05, 0) is 48.9 Å². The van der Waals surface area contributed by atoms with E-state index in [-0.39, 0.29) is 17.4 Å². The van der Waals surface area contributed by atoms with Crippen LogP contribution in [0.25, 0.3) is 0 Å². The van der Waals surface area contributed by atoms with E-state index in [1.54, 1.807) is 13.2 Å². The Kier molecular flexibility index (Phi) is 6.41. The number of hydrogen-bond acceptors (Lipinski definition) is 6. The molecule has 1 atom stereocenters. The quantitative estimate of drug-likeness (QED) is 0.558. The third kappa shape index (κ3) is 4.19. The molecule has 170 valence electrons. The molecule has 4 rings (SSSR count). The lowest BCUT2D eigenvalue weighted by molar-refractivity contribution is 0.184. The fourth-order valence-electron chi connectivity index (χ4n) is 4.27. The zero-order valence-corrected chi connectivity index (χ0v) is 19.2. The van der Waals surface area contributed by atoms with Crippen molar-refractivity contribution in [2.24, 2.45) is 0 Å². The molecular formula is C24H31FN6O. The van der Waals surface area contributed by atoms with Gasteiger partial charge in [-0.15, -0.1) is 5.10 Å². The molecule has 1 aliphatic rings. The van der Waals surface area contributed by atoms with Gasteiger partial charge in [-0.2, -0.15) is 0 Å². The van der Waals surface area contributed by atoms with Crippen LogP contribution in [0.5, 0.6) is 5.75 Å². The highest BCUT2D eigenvalue weighted by Gasteiger charge is 2.35. The van der Waals surface area contributed by atoms with E-state index in [1.165, 1.54) is 6.07 Å². The van der Waals surface area contributed by atoms with E-state index in [4.69, 9.17) is 4.74 Å². The number of methoxy groups -OCH3 is 1. The molecule has 0 saturated carbocycles. The highest BCUT2D eigenvalue weighted by Crippen LogP contribution is 2.36. The zero-order valence-electron chi connectivity index (χ0n) is 19.2. The number of hydrogen-bond donors (Lipinski definition) is 0.